The Morgan fingerprint density at radius 2 is 1.96 bits per heavy atom. The minimum Gasteiger partial charge on any atom is -0.493 e. The van der Waals surface area contributed by atoms with Crippen LogP contribution in [0.5, 0.6) is 11.5 Å². The number of methoxy groups -OCH3 is 1. The maximum Gasteiger partial charge on any atom is 0.191 e. The van der Waals surface area contributed by atoms with Crippen molar-refractivity contribution in [2.24, 2.45) is 10.9 Å². The molecule has 28 heavy (non-hydrogen) atoms. The van der Waals surface area contributed by atoms with Crippen LogP contribution in [0.3, 0.4) is 0 Å². The number of nitrogens with one attached hydrogen (secondary N) is 2. The summed E-state index contributed by atoms with van der Waals surface area (Å²) in [5, 5.41) is 6.74. The molecular weight excluding hydrogens is 354 g/mol. The zero-order valence-corrected chi connectivity index (χ0v) is 17.3. The summed E-state index contributed by atoms with van der Waals surface area (Å²) < 4.78 is 17.5. The van der Waals surface area contributed by atoms with E-state index in [1.165, 1.54) is 25.7 Å². The van der Waals surface area contributed by atoms with Gasteiger partial charge >= 0.3 is 0 Å². The molecule has 1 aromatic rings. The molecule has 0 heterocycles. The number of guanidine groups is 1. The highest BCUT2D eigenvalue weighted by Gasteiger charge is 2.21. The van der Waals surface area contributed by atoms with E-state index in [0.717, 1.165) is 68.0 Å². The third-order valence-electron chi connectivity index (χ3n) is 5.35. The predicted molar refractivity (Wildman–Crippen MR) is 112 cm³/mol. The molecule has 156 valence electrons. The molecule has 0 spiro atoms. The van der Waals surface area contributed by atoms with Crippen LogP contribution in [0, 0.1) is 5.92 Å². The lowest BCUT2D eigenvalue weighted by Gasteiger charge is -2.20. The van der Waals surface area contributed by atoms with Crippen molar-refractivity contribution < 1.29 is 14.2 Å². The summed E-state index contributed by atoms with van der Waals surface area (Å²) in [6.07, 6.45) is 8.68. The molecule has 6 nitrogen and oxygen atoms in total. The van der Waals surface area contributed by atoms with E-state index in [1.54, 1.807) is 14.2 Å². The molecule has 3 rings (SSSR count). The smallest absolute Gasteiger partial charge is 0.191 e. The summed E-state index contributed by atoms with van der Waals surface area (Å²) in [4.78, 5) is 4.32. The van der Waals surface area contributed by atoms with Crippen molar-refractivity contribution >= 4 is 5.96 Å². The van der Waals surface area contributed by atoms with Gasteiger partial charge in [-0.3, -0.25) is 4.99 Å². The molecule has 2 fully saturated rings. The van der Waals surface area contributed by atoms with Crippen molar-refractivity contribution in [1.29, 1.82) is 0 Å². The van der Waals surface area contributed by atoms with Gasteiger partial charge in [0.15, 0.2) is 17.5 Å². The second-order valence-electron chi connectivity index (χ2n) is 7.70. The summed E-state index contributed by atoms with van der Waals surface area (Å²) in [5.41, 5.74) is 1.09. The third kappa shape index (κ3) is 6.59. The van der Waals surface area contributed by atoms with Gasteiger partial charge in [0.2, 0.25) is 0 Å². The molecule has 2 aliphatic carbocycles. The molecule has 6 heteroatoms. The first-order valence-electron chi connectivity index (χ1n) is 10.6. The lowest BCUT2D eigenvalue weighted by atomic mass is 10.1. The summed E-state index contributed by atoms with van der Waals surface area (Å²) in [5.74, 6) is 3.26. The lowest BCUT2D eigenvalue weighted by Crippen LogP contribution is -2.37. The molecule has 2 saturated carbocycles. The molecule has 0 aliphatic heterocycles. The Kier molecular flexibility index (Phi) is 8.27. The fourth-order valence-corrected chi connectivity index (χ4v) is 3.48. The summed E-state index contributed by atoms with van der Waals surface area (Å²) in [6.45, 7) is 3.20. The van der Waals surface area contributed by atoms with E-state index in [0.29, 0.717) is 12.6 Å². The fraction of sp³-hybridized carbons (Fsp3) is 0.682. The number of benzene rings is 1. The van der Waals surface area contributed by atoms with Gasteiger partial charge in [0.1, 0.15) is 0 Å². The van der Waals surface area contributed by atoms with Gasteiger partial charge in [-0.05, 0) is 56.9 Å². The standard InChI is InChI=1S/C22H35N3O3/c1-23-22(24-13-6-14-27-16-17-11-12-17)25-15-18-7-5-10-20(26-2)21(18)28-19-8-3-4-9-19/h5,7,10,17,19H,3-4,6,8-9,11-16H2,1-2H3,(H2,23,24,25). The van der Waals surface area contributed by atoms with E-state index in [2.05, 4.69) is 21.7 Å². The average molecular weight is 390 g/mol. The van der Waals surface area contributed by atoms with Gasteiger partial charge in [0.25, 0.3) is 0 Å². The van der Waals surface area contributed by atoms with E-state index >= 15 is 0 Å². The molecule has 0 radical (unpaired) electrons. The Balaban J connectivity index is 1.45. The molecule has 1 aromatic carbocycles. The van der Waals surface area contributed by atoms with E-state index in [4.69, 9.17) is 14.2 Å². The summed E-state index contributed by atoms with van der Waals surface area (Å²) >= 11 is 0. The molecule has 0 bridgehead atoms. The zero-order valence-electron chi connectivity index (χ0n) is 17.3. The normalized spacial score (nSPS) is 17.6. The highest BCUT2D eigenvalue weighted by Crippen LogP contribution is 2.34. The topological polar surface area (TPSA) is 64.1 Å². The summed E-state index contributed by atoms with van der Waals surface area (Å²) in [6, 6.07) is 6.05. The first-order valence-corrected chi connectivity index (χ1v) is 10.6. The quantitative estimate of drug-likeness (QED) is 0.345. The van der Waals surface area contributed by atoms with E-state index in [9.17, 15) is 0 Å². The Morgan fingerprint density at radius 3 is 2.68 bits per heavy atom. The van der Waals surface area contributed by atoms with Crippen molar-refractivity contribution in [2.45, 2.75) is 57.6 Å². The molecular formula is C22H35N3O3. The van der Waals surface area contributed by atoms with Crippen LogP contribution in [-0.4, -0.2) is 46.0 Å². The van der Waals surface area contributed by atoms with Gasteiger partial charge in [-0.25, -0.2) is 0 Å². The van der Waals surface area contributed by atoms with Crippen molar-refractivity contribution in [2.75, 3.05) is 33.9 Å². The van der Waals surface area contributed by atoms with E-state index in [1.807, 2.05) is 12.1 Å². The van der Waals surface area contributed by atoms with Crippen LogP contribution in [-0.2, 0) is 11.3 Å². The average Bonchev–Trinajstić information content (AvgIpc) is 3.41. The first kappa shape index (κ1) is 20.8. The number of rotatable bonds is 11. The molecule has 0 atom stereocenters. The molecule has 0 unspecified atom stereocenters. The Labute approximate surface area is 169 Å². The molecule has 0 amide bonds. The number of hydrogen-bond acceptors (Lipinski definition) is 4. The number of ether oxygens (including phenoxy) is 3. The van der Waals surface area contributed by atoms with Crippen LogP contribution in [0.2, 0.25) is 0 Å². The van der Waals surface area contributed by atoms with Crippen LogP contribution in [0.1, 0.15) is 50.5 Å². The highest BCUT2D eigenvalue weighted by molar-refractivity contribution is 5.79. The number of nitrogens with zero attached hydrogens (tertiary/aromatic N) is 1. The van der Waals surface area contributed by atoms with Gasteiger partial charge in [-0.15, -0.1) is 0 Å². The second-order valence-corrected chi connectivity index (χ2v) is 7.70. The molecule has 2 aliphatic rings. The molecule has 2 N–H and O–H groups in total. The van der Waals surface area contributed by atoms with Crippen molar-refractivity contribution in [1.82, 2.24) is 10.6 Å². The van der Waals surface area contributed by atoms with Crippen molar-refractivity contribution in [3.63, 3.8) is 0 Å². The second kappa shape index (κ2) is 11.1. The van der Waals surface area contributed by atoms with Gasteiger partial charge in [0.05, 0.1) is 13.2 Å². The van der Waals surface area contributed by atoms with Gasteiger partial charge in [0, 0.05) is 38.9 Å². The van der Waals surface area contributed by atoms with Crippen LogP contribution in [0.25, 0.3) is 0 Å². The first-order chi connectivity index (χ1) is 13.8. The largest absolute Gasteiger partial charge is 0.493 e. The van der Waals surface area contributed by atoms with Crippen molar-refractivity contribution in [3.05, 3.63) is 23.8 Å². The number of para-hydroxylation sites is 1. The zero-order chi connectivity index (χ0) is 19.6. The monoisotopic (exact) mass is 389 g/mol. The third-order valence-corrected chi connectivity index (χ3v) is 5.35. The molecule has 0 aromatic heterocycles. The van der Waals surface area contributed by atoms with Crippen LogP contribution in [0.4, 0.5) is 0 Å². The number of aliphatic imine (C=N–C) groups is 1. The lowest BCUT2D eigenvalue weighted by molar-refractivity contribution is 0.123. The Morgan fingerprint density at radius 1 is 1.14 bits per heavy atom. The maximum atomic E-state index is 6.30. The van der Waals surface area contributed by atoms with Crippen molar-refractivity contribution in [3.8, 4) is 11.5 Å². The van der Waals surface area contributed by atoms with Crippen LogP contribution in [0.15, 0.2) is 23.2 Å². The van der Waals surface area contributed by atoms with Crippen LogP contribution >= 0.6 is 0 Å². The summed E-state index contributed by atoms with van der Waals surface area (Å²) in [7, 11) is 3.49. The Hall–Kier alpha value is -1.95. The van der Waals surface area contributed by atoms with E-state index < -0.39 is 0 Å². The van der Waals surface area contributed by atoms with Crippen LogP contribution < -0.4 is 20.1 Å². The molecule has 0 saturated heterocycles. The minimum atomic E-state index is 0.295. The fourth-order valence-electron chi connectivity index (χ4n) is 3.48. The van der Waals surface area contributed by atoms with Gasteiger partial charge in [-0.1, -0.05) is 12.1 Å². The minimum absolute atomic E-state index is 0.295. The predicted octanol–water partition coefficient (Wildman–Crippen LogP) is 3.50. The van der Waals surface area contributed by atoms with Gasteiger partial charge in [-0.2, -0.15) is 0 Å². The Bertz CT molecular complexity index is 625. The van der Waals surface area contributed by atoms with Gasteiger partial charge < -0.3 is 24.8 Å². The highest BCUT2D eigenvalue weighted by atomic mass is 16.5. The maximum absolute atomic E-state index is 6.30. The number of hydrogen-bond donors (Lipinski definition) is 2. The van der Waals surface area contributed by atoms with E-state index in [-0.39, 0.29) is 0 Å². The SMILES string of the molecule is CN=C(NCCCOCC1CC1)NCc1cccc(OC)c1OC1CCCC1.